The van der Waals surface area contributed by atoms with Crippen LogP contribution >= 0.6 is 0 Å². The number of carbonyl (C=O) groups is 1. The van der Waals surface area contributed by atoms with Crippen molar-refractivity contribution in [3.63, 3.8) is 0 Å². The van der Waals surface area contributed by atoms with Gasteiger partial charge in [0.25, 0.3) is 0 Å². The maximum Gasteiger partial charge on any atom is 0.160 e. The summed E-state index contributed by atoms with van der Waals surface area (Å²) < 4.78 is 0. The molecular weight excluding hydrogens is 144 g/mol. The fraction of sp³-hybridized carbons (Fsp3) is 0.875. The van der Waals surface area contributed by atoms with Gasteiger partial charge in [-0.3, -0.25) is 4.79 Å². The third-order valence-corrected chi connectivity index (χ3v) is 1.49. The highest BCUT2D eigenvalue weighted by molar-refractivity contribution is 5.80. The van der Waals surface area contributed by atoms with E-state index in [0.717, 1.165) is 0 Å². The van der Waals surface area contributed by atoms with Gasteiger partial charge in [0.15, 0.2) is 5.78 Å². The van der Waals surface area contributed by atoms with Crippen molar-refractivity contribution in [3.05, 3.63) is 0 Å². The lowest BCUT2D eigenvalue weighted by atomic mass is 10.0. The molecule has 0 heterocycles. The molecule has 0 rings (SSSR count). The predicted molar refractivity (Wildman–Crippen MR) is 42.1 cm³/mol. The summed E-state index contributed by atoms with van der Waals surface area (Å²) in [7, 11) is 0. The topological polar surface area (TPSA) is 57.5 Å². The zero-order valence-electron chi connectivity index (χ0n) is 7.24. The Bertz CT molecular complexity index is 131. The minimum atomic E-state index is -1.21. The van der Waals surface area contributed by atoms with Crippen LogP contribution in [0.5, 0.6) is 0 Å². The molecular formula is C8H16O3. The number of carbonyl (C=O) groups excluding carboxylic acids is 1. The fourth-order valence-corrected chi connectivity index (χ4v) is 0.883. The molecule has 0 amide bonds. The normalized spacial score (nSPS) is 16.5. The molecule has 66 valence electrons. The van der Waals surface area contributed by atoms with Gasteiger partial charge >= 0.3 is 0 Å². The fourth-order valence-electron chi connectivity index (χ4n) is 0.883. The van der Waals surface area contributed by atoms with Gasteiger partial charge < -0.3 is 10.2 Å². The monoisotopic (exact) mass is 160 g/mol. The second-order valence-electron chi connectivity index (χ2n) is 3.25. The van der Waals surface area contributed by atoms with E-state index in [4.69, 9.17) is 5.11 Å². The third kappa shape index (κ3) is 4.11. The highest BCUT2D eigenvalue weighted by atomic mass is 16.3. The smallest absolute Gasteiger partial charge is 0.160 e. The molecule has 2 N–H and O–H groups in total. The molecule has 0 aromatic heterocycles. The van der Waals surface area contributed by atoms with Gasteiger partial charge in [-0.05, 0) is 19.3 Å². The van der Waals surface area contributed by atoms with Crippen molar-refractivity contribution in [1.29, 1.82) is 0 Å². The van der Waals surface area contributed by atoms with Crippen molar-refractivity contribution in [3.8, 4) is 0 Å². The number of hydrogen-bond acceptors (Lipinski definition) is 3. The van der Waals surface area contributed by atoms with Crippen molar-refractivity contribution < 1.29 is 15.0 Å². The molecule has 0 saturated carbocycles. The minimum Gasteiger partial charge on any atom is -0.390 e. The summed E-state index contributed by atoms with van der Waals surface area (Å²) in [5.74, 6) is -0.0860. The zero-order valence-corrected chi connectivity index (χ0v) is 7.24. The van der Waals surface area contributed by atoms with Crippen LogP contribution in [0.25, 0.3) is 0 Å². The molecule has 0 saturated heterocycles. The number of hydrogen-bond donors (Lipinski definition) is 2. The Hall–Kier alpha value is -0.410. The Kier molecular flexibility index (Phi) is 4.30. The molecule has 0 radical (unpaired) electrons. The molecule has 2 unspecified atom stereocenters. The SMILES string of the molecule is CC(=O)C(O)C(O)CC(C)C. The molecule has 0 aliphatic carbocycles. The molecule has 0 aliphatic heterocycles. The first-order valence-corrected chi connectivity index (χ1v) is 3.81. The van der Waals surface area contributed by atoms with E-state index in [-0.39, 0.29) is 5.78 Å². The standard InChI is InChI=1S/C8H16O3/c1-5(2)4-7(10)8(11)6(3)9/h5,7-8,10-11H,4H2,1-3H3. The van der Waals surface area contributed by atoms with E-state index >= 15 is 0 Å². The molecule has 2 atom stereocenters. The van der Waals surface area contributed by atoms with E-state index in [1.54, 1.807) is 0 Å². The van der Waals surface area contributed by atoms with Gasteiger partial charge in [0.1, 0.15) is 6.10 Å². The first-order valence-electron chi connectivity index (χ1n) is 3.81. The van der Waals surface area contributed by atoms with Crippen molar-refractivity contribution in [2.75, 3.05) is 0 Å². The quantitative estimate of drug-likeness (QED) is 0.623. The van der Waals surface area contributed by atoms with E-state index in [2.05, 4.69) is 0 Å². The number of rotatable bonds is 4. The Balaban J connectivity index is 3.82. The Morgan fingerprint density at radius 3 is 2.09 bits per heavy atom. The Labute approximate surface area is 67.0 Å². The van der Waals surface area contributed by atoms with Gasteiger partial charge in [-0.25, -0.2) is 0 Å². The lowest BCUT2D eigenvalue weighted by molar-refractivity contribution is -0.131. The van der Waals surface area contributed by atoms with Crippen LogP contribution in [0.15, 0.2) is 0 Å². The van der Waals surface area contributed by atoms with Gasteiger partial charge in [-0.2, -0.15) is 0 Å². The maximum atomic E-state index is 10.6. The minimum absolute atomic E-state index is 0.291. The lowest BCUT2D eigenvalue weighted by Crippen LogP contribution is -2.33. The molecule has 0 bridgehead atoms. The summed E-state index contributed by atoms with van der Waals surface area (Å²) in [6.45, 7) is 5.13. The van der Waals surface area contributed by atoms with Gasteiger partial charge in [0.05, 0.1) is 6.10 Å². The average Bonchev–Trinajstić information content (AvgIpc) is 1.84. The summed E-state index contributed by atoms with van der Waals surface area (Å²) in [6.07, 6.45) is -1.66. The van der Waals surface area contributed by atoms with Crippen LogP contribution < -0.4 is 0 Å². The molecule has 3 heteroatoms. The number of aliphatic hydroxyl groups excluding tert-OH is 2. The second-order valence-corrected chi connectivity index (χ2v) is 3.25. The predicted octanol–water partition coefficient (Wildman–Crippen LogP) is 0.343. The molecule has 11 heavy (non-hydrogen) atoms. The van der Waals surface area contributed by atoms with Crippen molar-refractivity contribution in [2.24, 2.45) is 5.92 Å². The third-order valence-electron chi connectivity index (χ3n) is 1.49. The Morgan fingerprint density at radius 2 is 1.82 bits per heavy atom. The summed E-state index contributed by atoms with van der Waals surface area (Å²) in [5, 5.41) is 18.2. The van der Waals surface area contributed by atoms with Crippen LogP contribution in [-0.4, -0.2) is 28.2 Å². The summed E-state index contributed by atoms with van der Waals surface area (Å²) >= 11 is 0. The average molecular weight is 160 g/mol. The molecule has 0 fully saturated rings. The van der Waals surface area contributed by atoms with Gasteiger partial charge in [0.2, 0.25) is 0 Å². The van der Waals surface area contributed by atoms with Crippen LogP contribution in [0.1, 0.15) is 27.2 Å². The summed E-state index contributed by atoms with van der Waals surface area (Å²) in [5.41, 5.74) is 0. The van der Waals surface area contributed by atoms with E-state index in [9.17, 15) is 9.90 Å². The first-order chi connectivity index (χ1) is 4.95. The first kappa shape index (κ1) is 10.6. The highest BCUT2D eigenvalue weighted by Crippen LogP contribution is 2.08. The van der Waals surface area contributed by atoms with Crippen molar-refractivity contribution in [2.45, 2.75) is 39.4 Å². The van der Waals surface area contributed by atoms with Crippen LogP contribution in [0.4, 0.5) is 0 Å². The molecule has 0 aliphatic rings. The van der Waals surface area contributed by atoms with Crippen LogP contribution in [0, 0.1) is 5.92 Å². The summed E-state index contributed by atoms with van der Waals surface area (Å²) in [4.78, 5) is 10.6. The second kappa shape index (κ2) is 4.46. The number of ketones is 1. The van der Waals surface area contributed by atoms with E-state index in [0.29, 0.717) is 12.3 Å². The molecule has 3 nitrogen and oxygen atoms in total. The van der Waals surface area contributed by atoms with Gasteiger partial charge in [0, 0.05) is 0 Å². The van der Waals surface area contributed by atoms with Gasteiger partial charge in [-0.15, -0.1) is 0 Å². The Morgan fingerprint density at radius 1 is 1.36 bits per heavy atom. The van der Waals surface area contributed by atoms with Crippen molar-refractivity contribution in [1.82, 2.24) is 0 Å². The van der Waals surface area contributed by atoms with E-state index in [1.807, 2.05) is 13.8 Å². The molecule has 0 spiro atoms. The number of aliphatic hydroxyl groups is 2. The van der Waals surface area contributed by atoms with Crippen molar-refractivity contribution >= 4 is 5.78 Å². The summed E-state index contributed by atoms with van der Waals surface area (Å²) in [6, 6.07) is 0. The maximum absolute atomic E-state index is 10.6. The van der Waals surface area contributed by atoms with E-state index < -0.39 is 12.2 Å². The van der Waals surface area contributed by atoms with Crippen LogP contribution in [0.3, 0.4) is 0 Å². The number of Topliss-reactive ketones (excluding diaryl/α,β-unsaturated/α-hetero) is 1. The largest absolute Gasteiger partial charge is 0.390 e. The molecule has 0 aromatic carbocycles. The van der Waals surface area contributed by atoms with Crippen LogP contribution in [0.2, 0.25) is 0 Å². The van der Waals surface area contributed by atoms with E-state index in [1.165, 1.54) is 6.92 Å². The highest BCUT2D eigenvalue weighted by Gasteiger charge is 2.20. The van der Waals surface area contributed by atoms with Gasteiger partial charge in [-0.1, -0.05) is 13.8 Å². The lowest BCUT2D eigenvalue weighted by Gasteiger charge is -2.16. The molecule has 0 aromatic rings. The van der Waals surface area contributed by atoms with Crippen LogP contribution in [-0.2, 0) is 4.79 Å². The zero-order chi connectivity index (χ0) is 9.02.